The summed E-state index contributed by atoms with van der Waals surface area (Å²) in [5.74, 6) is -0.525. The normalized spacial score (nSPS) is 14.5. The van der Waals surface area contributed by atoms with Gasteiger partial charge in [0.25, 0.3) is 11.5 Å². The summed E-state index contributed by atoms with van der Waals surface area (Å²) in [5, 5.41) is 2.83. The van der Waals surface area contributed by atoms with Crippen molar-refractivity contribution in [3.05, 3.63) is 74.1 Å². The SMILES string of the molecule is CC(C)(CNC(=O)c1cnc2c(c1)c(=O)[nH]c(=O)n2C1CC1)c1cccc(C(F)(F)F)c1. The van der Waals surface area contributed by atoms with E-state index in [-0.39, 0.29) is 29.2 Å². The molecule has 1 fully saturated rings. The van der Waals surface area contributed by atoms with E-state index in [1.807, 2.05) is 0 Å². The average molecular weight is 446 g/mol. The smallest absolute Gasteiger partial charge is 0.351 e. The molecule has 1 amide bonds. The van der Waals surface area contributed by atoms with Crippen LogP contribution in [0.3, 0.4) is 0 Å². The fourth-order valence-electron chi connectivity index (χ4n) is 3.56. The highest BCUT2D eigenvalue weighted by Gasteiger charge is 2.32. The maximum Gasteiger partial charge on any atom is 0.416 e. The maximum atomic E-state index is 13.0. The second-order valence-corrected chi connectivity index (χ2v) is 8.60. The molecule has 2 N–H and O–H groups in total. The monoisotopic (exact) mass is 446 g/mol. The minimum atomic E-state index is -4.46. The Morgan fingerprint density at radius 3 is 2.53 bits per heavy atom. The van der Waals surface area contributed by atoms with Gasteiger partial charge in [0, 0.05) is 24.2 Å². The number of hydrogen-bond acceptors (Lipinski definition) is 4. The maximum absolute atomic E-state index is 13.0. The van der Waals surface area contributed by atoms with Crippen molar-refractivity contribution in [1.29, 1.82) is 0 Å². The van der Waals surface area contributed by atoms with Gasteiger partial charge in [-0.2, -0.15) is 13.2 Å². The molecule has 0 saturated heterocycles. The lowest BCUT2D eigenvalue weighted by molar-refractivity contribution is -0.137. The molecule has 32 heavy (non-hydrogen) atoms. The number of pyridine rings is 1. The summed E-state index contributed by atoms with van der Waals surface area (Å²) in [6.45, 7) is 3.50. The first-order chi connectivity index (χ1) is 15.0. The van der Waals surface area contributed by atoms with Crippen LogP contribution in [0.4, 0.5) is 13.2 Å². The van der Waals surface area contributed by atoms with Crippen molar-refractivity contribution >= 4 is 16.9 Å². The van der Waals surface area contributed by atoms with E-state index in [0.717, 1.165) is 25.0 Å². The van der Waals surface area contributed by atoms with Crippen LogP contribution in [0.1, 0.15) is 54.2 Å². The number of benzene rings is 1. The van der Waals surface area contributed by atoms with E-state index in [4.69, 9.17) is 0 Å². The number of H-pyrrole nitrogens is 1. The Kier molecular flexibility index (Phi) is 5.18. The molecule has 168 valence electrons. The molecule has 0 bridgehead atoms. The number of fused-ring (bicyclic) bond motifs is 1. The number of halogens is 3. The molecule has 2 heterocycles. The zero-order chi connectivity index (χ0) is 23.3. The van der Waals surface area contributed by atoms with E-state index in [1.165, 1.54) is 22.9 Å². The molecule has 1 aliphatic rings. The number of nitrogens with zero attached hydrogens (tertiary/aromatic N) is 2. The number of amides is 1. The highest BCUT2D eigenvalue weighted by Crippen LogP contribution is 2.35. The van der Waals surface area contributed by atoms with Crippen LogP contribution in [0, 0.1) is 0 Å². The van der Waals surface area contributed by atoms with Gasteiger partial charge in [-0.3, -0.25) is 19.1 Å². The number of alkyl halides is 3. The standard InChI is InChI=1S/C22H21F3N4O3/c1-21(2,13-4-3-5-14(9-13)22(23,24)25)11-27-18(30)12-8-16-17(26-10-12)29(15-6-7-15)20(32)28-19(16)31/h3-5,8-10,15H,6-7,11H2,1-2H3,(H,27,30)(H,28,31,32). The molecule has 0 spiro atoms. The molecule has 2 aromatic heterocycles. The van der Waals surface area contributed by atoms with Crippen LogP contribution < -0.4 is 16.6 Å². The van der Waals surface area contributed by atoms with E-state index in [0.29, 0.717) is 5.56 Å². The van der Waals surface area contributed by atoms with Gasteiger partial charge in [-0.1, -0.05) is 32.0 Å². The third-order valence-electron chi connectivity index (χ3n) is 5.62. The lowest BCUT2D eigenvalue weighted by Gasteiger charge is -2.26. The van der Waals surface area contributed by atoms with Crippen molar-refractivity contribution in [2.24, 2.45) is 0 Å². The summed E-state index contributed by atoms with van der Waals surface area (Å²) in [5.41, 5.74) is -1.94. The molecule has 1 aromatic carbocycles. The summed E-state index contributed by atoms with van der Waals surface area (Å²) in [7, 11) is 0. The highest BCUT2D eigenvalue weighted by molar-refractivity contribution is 5.96. The number of rotatable bonds is 5. The van der Waals surface area contributed by atoms with Gasteiger partial charge in [0.1, 0.15) is 5.65 Å². The van der Waals surface area contributed by atoms with E-state index >= 15 is 0 Å². The van der Waals surface area contributed by atoms with Gasteiger partial charge in [0.15, 0.2) is 0 Å². The van der Waals surface area contributed by atoms with Gasteiger partial charge < -0.3 is 5.32 Å². The van der Waals surface area contributed by atoms with Gasteiger partial charge in [0.05, 0.1) is 16.5 Å². The summed E-state index contributed by atoms with van der Waals surface area (Å²) in [4.78, 5) is 43.5. The minimum Gasteiger partial charge on any atom is -0.351 e. The molecule has 7 nitrogen and oxygen atoms in total. The minimum absolute atomic E-state index is 0.0118. The van der Waals surface area contributed by atoms with E-state index in [1.54, 1.807) is 19.9 Å². The Morgan fingerprint density at radius 1 is 1.19 bits per heavy atom. The van der Waals surface area contributed by atoms with Crippen LogP contribution in [0.2, 0.25) is 0 Å². The van der Waals surface area contributed by atoms with Crippen molar-refractivity contribution in [2.45, 2.75) is 44.3 Å². The first-order valence-corrected chi connectivity index (χ1v) is 10.1. The number of aromatic nitrogens is 3. The lowest BCUT2D eigenvalue weighted by atomic mass is 9.83. The third kappa shape index (κ3) is 4.17. The predicted molar refractivity (Wildman–Crippen MR) is 112 cm³/mol. The van der Waals surface area contributed by atoms with Gasteiger partial charge in [-0.05, 0) is 30.5 Å². The van der Waals surface area contributed by atoms with Gasteiger partial charge in [-0.15, -0.1) is 0 Å². The van der Waals surface area contributed by atoms with Crippen LogP contribution in [-0.4, -0.2) is 27.0 Å². The summed E-state index contributed by atoms with van der Waals surface area (Å²) >= 11 is 0. The first kappa shape index (κ1) is 21.8. The van der Waals surface area contributed by atoms with Crippen molar-refractivity contribution in [1.82, 2.24) is 19.9 Å². The zero-order valence-corrected chi connectivity index (χ0v) is 17.4. The molecule has 0 atom stereocenters. The van der Waals surface area contributed by atoms with E-state index in [9.17, 15) is 27.6 Å². The second-order valence-electron chi connectivity index (χ2n) is 8.60. The van der Waals surface area contributed by atoms with E-state index < -0.39 is 34.3 Å². The summed E-state index contributed by atoms with van der Waals surface area (Å²) in [6, 6.07) is 6.34. The molecule has 3 aromatic rings. The van der Waals surface area contributed by atoms with Gasteiger partial charge in [-0.25, -0.2) is 9.78 Å². The fourth-order valence-corrected chi connectivity index (χ4v) is 3.56. The molecule has 0 aliphatic heterocycles. The number of carbonyl (C=O) groups excluding carboxylic acids is 1. The Morgan fingerprint density at radius 2 is 1.88 bits per heavy atom. The Hall–Kier alpha value is -3.43. The Balaban J connectivity index is 1.57. The fraction of sp³-hybridized carbons (Fsp3) is 0.364. The van der Waals surface area contributed by atoms with Crippen LogP contribution >= 0.6 is 0 Å². The zero-order valence-electron chi connectivity index (χ0n) is 17.4. The van der Waals surface area contributed by atoms with Crippen LogP contribution in [0.5, 0.6) is 0 Å². The number of carbonyl (C=O) groups is 1. The average Bonchev–Trinajstić information content (AvgIpc) is 3.56. The van der Waals surface area contributed by atoms with Gasteiger partial charge in [0.2, 0.25) is 0 Å². The summed E-state index contributed by atoms with van der Waals surface area (Å²) < 4.78 is 40.5. The number of aromatic amines is 1. The van der Waals surface area contributed by atoms with Crippen molar-refractivity contribution in [3.63, 3.8) is 0 Å². The van der Waals surface area contributed by atoms with Crippen molar-refractivity contribution in [2.75, 3.05) is 6.54 Å². The molecule has 0 radical (unpaired) electrons. The Labute approximate surface area is 180 Å². The number of nitrogens with one attached hydrogen (secondary N) is 2. The topological polar surface area (TPSA) is 96.8 Å². The first-order valence-electron chi connectivity index (χ1n) is 10.1. The quantitative estimate of drug-likeness (QED) is 0.629. The molecule has 0 unspecified atom stereocenters. The molecule has 1 aliphatic carbocycles. The van der Waals surface area contributed by atoms with Gasteiger partial charge >= 0.3 is 11.9 Å². The molecule has 1 saturated carbocycles. The Bertz CT molecular complexity index is 1320. The van der Waals surface area contributed by atoms with E-state index in [2.05, 4.69) is 15.3 Å². The predicted octanol–water partition coefficient (Wildman–Crippen LogP) is 3.15. The molecular formula is C22H21F3N4O3. The highest BCUT2D eigenvalue weighted by atomic mass is 19.4. The number of hydrogen-bond donors (Lipinski definition) is 2. The largest absolute Gasteiger partial charge is 0.416 e. The molecule has 4 rings (SSSR count). The van der Waals surface area contributed by atoms with Crippen LogP contribution in [-0.2, 0) is 11.6 Å². The van der Waals surface area contributed by atoms with Crippen molar-refractivity contribution < 1.29 is 18.0 Å². The lowest BCUT2D eigenvalue weighted by Crippen LogP contribution is -2.37. The van der Waals surface area contributed by atoms with Crippen LogP contribution in [0.25, 0.3) is 11.0 Å². The molecule has 10 heteroatoms. The van der Waals surface area contributed by atoms with Crippen molar-refractivity contribution in [3.8, 4) is 0 Å². The van der Waals surface area contributed by atoms with Crippen LogP contribution in [0.15, 0.2) is 46.1 Å². The third-order valence-corrected chi connectivity index (χ3v) is 5.62. The second kappa shape index (κ2) is 7.61. The summed E-state index contributed by atoms with van der Waals surface area (Å²) in [6.07, 6.45) is -1.54. The molecular weight excluding hydrogens is 425 g/mol.